The maximum absolute atomic E-state index is 10.9. The molecule has 0 aromatic carbocycles. The minimum Gasteiger partial charge on any atom is -0.468 e. The molecule has 5 heteroatoms. The standard InChI is InChI=1S/C8H18O3Si2/c1-7(2)8(9)10-5-3-4-6-13-11-12/h1,3-6,13H2,2,12H3. The van der Waals surface area contributed by atoms with Gasteiger partial charge < -0.3 is 8.85 Å². The summed E-state index contributed by atoms with van der Waals surface area (Å²) in [7, 11) is 0.630. The van der Waals surface area contributed by atoms with Crippen LogP contribution in [0.1, 0.15) is 19.8 Å². The van der Waals surface area contributed by atoms with Gasteiger partial charge in [0.05, 0.1) is 6.61 Å². The molecular formula is C8H18O3Si2. The van der Waals surface area contributed by atoms with Gasteiger partial charge >= 0.3 is 5.97 Å². The molecule has 0 saturated carbocycles. The largest absolute Gasteiger partial charge is 0.468 e. The molecule has 0 bridgehead atoms. The Hall–Kier alpha value is -0.396. The first-order chi connectivity index (χ1) is 6.18. The van der Waals surface area contributed by atoms with Crippen LogP contribution < -0.4 is 0 Å². The van der Waals surface area contributed by atoms with Crippen molar-refractivity contribution in [2.45, 2.75) is 25.8 Å². The lowest BCUT2D eigenvalue weighted by atomic mass is 10.3. The molecule has 0 aliphatic carbocycles. The topological polar surface area (TPSA) is 35.5 Å². The van der Waals surface area contributed by atoms with Gasteiger partial charge in [-0.25, -0.2) is 4.79 Å². The lowest BCUT2D eigenvalue weighted by Gasteiger charge is -2.03. The summed E-state index contributed by atoms with van der Waals surface area (Å²) in [6.45, 7) is 5.67. The molecule has 0 aromatic rings. The molecule has 0 aliphatic rings. The third-order valence-electron chi connectivity index (χ3n) is 1.57. The van der Waals surface area contributed by atoms with Crippen LogP contribution in [0.25, 0.3) is 0 Å². The molecule has 0 aliphatic heterocycles. The van der Waals surface area contributed by atoms with Crippen LogP contribution in [0.3, 0.4) is 0 Å². The van der Waals surface area contributed by atoms with Gasteiger partial charge in [0.1, 0.15) is 20.2 Å². The predicted molar refractivity (Wildman–Crippen MR) is 59.4 cm³/mol. The van der Waals surface area contributed by atoms with Gasteiger partial charge in [0.15, 0.2) is 0 Å². The van der Waals surface area contributed by atoms with E-state index in [4.69, 9.17) is 8.85 Å². The number of unbranched alkanes of at least 4 members (excludes halogenated alkanes) is 1. The Balaban J connectivity index is 3.16. The van der Waals surface area contributed by atoms with Crippen molar-refractivity contribution >= 4 is 26.2 Å². The van der Waals surface area contributed by atoms with Crippen LogP contribution in [0.15, 0.2) is 12.2 Å². The molecule has 0 atom stereocenters. The SMILES string of the molecule is C=C(C)C(=O)OCCCC[SiH2]O[SiH3]. The van der Waals surface area contributed by atoms with Crippen LogP contribution >= 0.6 is 0 Å². The Morgan fingerprint density at radius 3 is 2.77 bits per heavy atom. The number of carbonyl (C=O) groups excluding carboxylic acids is 1. The Labute approximate surface area is 85.0 Å². The van der Waals surface area contributed by atoms with E-state index in [1.165, 1.54) is 6.04 Å². The highest BCUT2D eigenvalue weighted by Gasteiger charge is 2.01. The van der Waals surface area contributed by atoms with Gasteiger partial charge in [-0.2, -0.15) is 0 Å². The second-order valence-electron chi connectivity index (χ2n) is 2.97. The van der Waals surface area contributed by atoms with Gasteiger partial charge in [0, 0.05) is 5.57 Å². The summed E-state index contributed by atoms with van der Waals surface area (Å²) in [5.74, 6) is -0.281. The molecule has 0 spiro atoms. The molecule has 0 unspecified atom stereocenters. The van der Waals surface area contributed by atoms with E-state index in [1.54, 1.807) is 6.92 Å². The fourth-order valence-electron chi connectivity index (χ4n) is 0.813. The number of carbonyl (C=O) groups is 1. The minimum atomic E-state index is -0.281. The van der Waals surface area contributed by atoms with Gasteiger partial charge in [0.2, 0.25) is 0 Å². The van der Waals surface area contributed by atoms with E-state index in [1.807, 2.05) is 0 Å². The molecule has 0 N–H and O–H groups in total. The summed E-state index contributed by atoms with van der Waals surface area (Å²) in [6, 6.07) is 1.19. The Morgan fingerprint density at radius 1 is 1.54 bits per heavy atom. The van der Waals surface area contributed by atoms with Gasteiger partial charge in [-0.05, 0) is 19.4 Å². The van der Waals surface area contributed by atoms with Gasteiger partial charge in [-0.1, -0.05) is 13.0 Å². The van der Waals surface area contributed by atoms with E-state index in [-0.39, 0.29) is 15.7 Å². The first-order valence-electron chi connectivity index (χ1n) is 4.50. The Morgan fingerprint density at radius 2 is 2.23 bits per heavy atom. The fraction of sp³-hybridized carbons (Fsp3) is 0.625. The lowest BCUT2D eigenvalue weighted by molar-refractivity contribution is -0.139. The van der Waals surface area contributed by atoms with Crippen molar-refractivity contribution < 1.29 is 13.6 Å². The van der Waals surface area contributed by atoms with E-state index in [0.717, 1.165) is 23.3 Å². The zero-order valence-electron chi connectivity index (χ0n) is 8.47. The van der Waals surface area contributed by atoms with Gasteiger partial charge in [0.25, 0.3) is 0 Å². The van der Waals surface area contributed by atoms with Crippen molar-refractivity contribution in [3.05, 3.63) is 12.2 Å². The van der Waals surface area contributed by atoms with Crippen molar-refractivity contribution in [2.75, 3.05) is 6.61 Å². The zero-order valence-corrected chi connectivity index (χ0v) is 11.9. The van der Waals surface area contributed by atoms with Crippen molar-refractivity contribution in [1.82, 2.24) is 0 Å². The van der Waals surface area contributed by atoms with Crippen LogP contribution in [-0.4, -0.2) is 32.8 Å². The van der Waals surface area contributed by atoms with Crippen LogP contribution in [0.2, 0.25) is 6.04 Å². The van der Waals surface area contributed by atoms with E-state index in [2.05, 4.69) is 6.58 Å². The molecule has 13 heavy (non-hydrogen) atoms. The summed E-state index contributed by atoms with van der Waals surface area (Å²) in [4.78, 5) is 10.9. The van der Waals surface area contributed by atoms with Crippen LogP contribution in [0.4, 0.5) is 0 Å². The van der Waals surface area contributed by atoms with Crippen molar-refractivity contribution in [1.29, 1.82) is 0 Å². The van der Waals surface area contributed by atoms with E-state index in [0.29, 0.717) is 12.2 Å². The molecule has 0 saturated heterocycles. The zero-order chi connectivity index (χ0) is 10.1. The van der Waals surface area contributed by atoms with Crippen molar-refractivity contribution in [3.63, 3.8) is 0 Å². The first-order valence-corrected chi connectivity index (χ1v) is 6.89. The predicted octanol–water partition coefficient (Wildman–Crippen LogP) is -0.315. The number of ether oxygens (including phenoxy) is 1. The maximum Gasteiger partial charge on any atom is 0.333 e. The van der Waals surface area contributed by atoms with Gasteiger partial charge in [-0.3, -0.25) is 0 Å². The summed E-state index contributed by atoms with van der Waals surface area (Å²) in [5.41, 5.74) is 0.470. The third kappa shape index (κ3) is 7.95. The van der Waals surface area contributed by atoms with Crippen molar-refractivity contribution in [3.8, 4) is 0 Å². The number of rotatable bonds is 7. The van der Waals surface area contributed by atoms with Gasteiger partial charge in [-0.15, -0.1) is 0 Å². The lowest BCUT2D eigenvalue weighted by Crippen LogP contribution is -2.06. The average Bonchev–Trinajstić information content (AvgIpc) is 2.10. The normalized spacial score (nSPS) is 10.8. The van der Waals surface area contributed by atoms with Crippen LogP contribution in [0, 0.1) is 0 Å². The second kappa shape index (κ2) is 8.21. The number of hydrogen-bond donors (Lipinski definition) is 0. The molecule has 0 heterocycles. The number of hydrogen-bond acceptors (Lipinski definition) is 3. The van der Waals surface area contributed by atoms with Crippen LogP contribution in [-0.2, 0) is 13.6 Å². The smallest absolute Gasteiger partial charge is 0.333 e. The molecule has 76 valence electrons. The summed E-state index contributed by atoms with van der Waals surface area (Å²) < 4.78 is 10.1. The Bertz CT molecular complexity index is 171. The first kappa shape index (κ1) is 12.6. The second-order valence-corrected chi connectivity index (χ2v) is 6.39. The quantitative estimate of drug-likeness (QED) is 0.254. The molecule has 3 nitrogen and oxygen atoms in total. The van der Waals surface area contributed by atoms with E-state index < -0.39 is 0 Å². The highest BCUT2D eigenvalue weighted by atomic mass is 28.3. The van der Waals surface area contributed by atoms with Crippen molar-refractivity contribution in [2.24, 2.45) is 0 Å². The molecule has 0 amide bonds. The Kier molecular flexibility index (Phi) is 7.96. The van der Waals surface area contributed by atoms with Crippen LogP contribution in [0.5, 0.6) is 0 Å². The summed E-state index contributed by atoms with van der Waals surface area (Å²) >= 11 is 0. The highest BCUT2D eigenvalue weighted by Crippen LogP contribution is 1.98. The average molecular weight is 218 g/mol. The highest BCUT2D eigenvalue weighted by molar-refractivity contribution is 6.34. The minimum absolute atomic E-state index is 0.238. The molecule has 0 rings (SSSR count). The van der Waals surface area contributed by atoms with E-state index in [9.17, 15) is 4.79 Å². The third-order valence-corrected chi connectivity index (χ3v) is 4.00. The summed E-state index contributed by atoms with van der Waals surface area (Å²) in [5, 5.41) is 0. The number of esters is 1. The molecule has 0 aromatic heterocycles. The molecule has 0 radical (unpaired) electrons. The summed E-state index contributed by atoms with van der Waals surface area (Å²) in [6.07, 6.45) is 2.05. The molecular weight excluding hydrogens is 200 g/mol. The monoisotopic (exact) mass is 218 g/mol. The van der Waals surface area contributed by atoms with E-state index >= 15 is 0 Å². The fourth-order valence-corrected chi connectivity index (χ4v) is 2.53. The molecule has 0 fully saturated rings. The maximum atomic E-state index is 10.9.